The summed E-state index contributed by atoms with van der Waals surface area (Å²) in [5.41, 5.74) is 2.82. The molecule has 0 spiro atoms. The van der Waals surface area contributed by atoms with E-state index in [9.17, 15) is 0 Å². The highest BCUT2D eigenvalue weighted by Crippen LogP contribution is 2.23. The Kier molecular flexibility index (Phi) is 4.06. The highest BCUT2D eigenvalue weighted by Gasteiger charge is 2.13. The molecule has 0 aliphatic carbocycles. The molecule has 2 aromatic carbocycles. The first-order chi connectivity index (χ1) is 8.97. The molecule has 19 heavy (non-hydrogen) atoms. The zero-order valence-electron chi connectivity index (χ0n) is 11.9. The normalized spacial score (nSPS) is 11.3. The van der Waals surface area contributed by atoms with Crippen molar-refractivity contribution in [3.8, 4) is 0 Å². The minimum absolute atomic E-state index is 0.210. The van der Waals surface area contributed by atoms with Crippen LogP contribution in [-0.4, -0.2) is 9.52 Å². The molecule has 2 aromatic rings. The molecule has 0 amide bonds. The summed E-state index contributed by atoms with van der Waals surface area (Å²) in [6.07, 6.45) is 0. The number of benzene rings is 2. The average Bonchev–Trinajstić information content (AvgIpc) is 2.39. The van der Waals surface area contributed by atoms with E-state index in [4.69, 9.17) is 0 Å². The van der Waals surface area contributed by atoms with Gasteiger partial charge >= 0.3 is 0 Å². The fraction of sp³-hybridized carbons (Fsp3) is 0.222. The number of rotatable bonds is 3. The summed E-state index contributed by atoms with van der Waals surface area (Å²) in [5.74, 6) is 0. The third-order valence-corrected chi connectivity index (χ3v) is 4.38. The lowest BCUT2D eigenvalue weighted by molar-refractivity contribution is 0.590. The van der Waals surface area contributed by atoms with Gasteiger partial charge in [-0.25, -0.2) is 0 Å². The Hall–Kier alpha value is -1.60. The first kappa shape index (κ1) is 13.8. The summed E-state index contributed by atoms with van der Waals surface area (Å²) in [6.45, 7) is 10.9. The third-order valence-electron chi connectivity index (χ3n) is 3.17. The van der Waals surface area contributed by atoms with Gasteiger partial charge in [-0.2, -0.15) is 0 Å². The van der Waals surface area contributed by atoms with Gasteiger partial charge in [0.1, 0.15) is 9.52 Å². The van der Waals surface area contributed by atoms with E-state index < -0.39 is 0 Å². The van der Waals surface area contributed by atoms with Gasteiger partial charge in [0.25, 0.3) is 0 Å². The van der Waals surface area contributed by atoms with E-state index >= 15 is 0 Å². The van der Waals surface area contributed by atoms with Crippen molar-refractivity contribution in [2.75, 3.05) is 0 Å². The molecule has 1 heteroatoms. The fourth-order valence-electron chi connectivity index (χ4n) is 1.94. The van der Waals surface area contributed by atoms with Crippen LogP contribution in [0.4, 0.5) is 0 Å². The second kappa shape index (κ2) is 5.58. The van der Waals surface area contributed by atoms with E-state index in [1.807, 2.05) is 0 Å². The zero-order valence-corrected chi connectivity index (χ0v) is 12.9. The Bertz CT molecular complexity index is 544. The third kappa shape index (κ3) is 3.68. The van der Waals surface area contributed by atoms with Gasteiger partial charge in [0.05, 0.1) is 0 Å². The van der Waals surface area contributed by atoms with Crippen molar-refractivity contribution in [1.82, 2.24) is 0 Å². The summed E-state index contributed by atoms with van der Waals surface area (Å²) in [4.78, 5) is 0. The molecule has 0 bridgehead atoms. The molecule has 0 heterocycles. The molecule has 0 saturated carbocycles. The van der Waals surface area contributed by atoms with Crippen LogP contribution in [-0.2, 0) is 5.41 Å². The number of hydrogen-bond acceptors (Lipinski definition) is 0. The molecule has 2 radical (unpaired) electrons. The van der Waals surface area contributed by atoms with Crippen LogP contribution in [0.25, 0.3) is 5.20 Å². The van der Waals surface area contributed by atoms with Crippen molar-refractivity contribution in [3.05, 3.63) is 72.3 Å². The van der Waals surface area contributed by atoms with Crippen LogP contribution in [0.2, 0.25) is 0 Å². The predicted octanol–water partition coefficient (Wildman–Crippen LogP) is 3.98. The summed E-state index contributed by atoms with van der Waals surface area (Å²) in [6, 6.07) is 19.4. The Morgan fingerprint density at radius 2 is 1.47 bits per heavy atom. The maximum atomic E-state index is 4.22. The SMILES string of the molecule is C=C([Si]c1ccccc1)c1ccc(C(C)(C)C)cc1. The van der Waals surface area contributed by atoms with Crippen LogP contribution in [0.1, 0.15) is 31.9 Å². The van der Waals surface area contributed by atoms with Gasteiger partial charge in [-0.1, -0.05) is 92.3 Å². The molecule has 0 nitrogen and oxygen atoms in total. The van der Waals surface area contributed by atoms with E-state index in [0.717, 1.165) is 0 Å². The maximum Gasteiger partial charge on any atom is 0.121 e. The van der Waals surface area contributed by atoms with Gasteiger partial charge in [0, 0.05) is 0 Å². The standard InChI is InChI=1S/C18H20Si/c1-14(19-17-8-6-5-7-9-17)15-10-12-16(13-11-15)18(2,3)4/h5-13H,1H2,2-4H3. The zero-order chi connectivity index (χ0) is 13.9. The largest absolute Gasteiger partial charge is 0.121 e. The molecule has 0 atom stereocenters. The summed E-state index contributed by atoms with van der Waals surface area (Å²) >= 11 is 0. The first-order valence-corrected chi connectivity index (χ1v) is 7.59. The van der Waals surface area contributed by atoms with Crippen LogP contribution in [0.15, 0.2) is 61.2 Å². The molecule has 96 valence electrons. The molecule has 2 rings (SSSR count). The minimum atomic E-state index is 0.210. The van der Waals surface area contributed by atoms with E-state index in [-0.39, 0.29) is 5.41 Å². The maximum absolute atomic E-state index is 4.22. The summed E-state index contributed by atoms with van der Waals surface area (Å²) in [5, 5.41) is 2.54. The van der Waals surface area contributed by atoms with Crippen LogP contribution in [0.3, 0.4) is 0 Å². The van der Waals surface area contributed by atoms with Crippen molar-refractivity contribution in [2.24, 2.45) is 0 Å². The van der Waals surface area contributed by atoms with Crippen molar-refractivity contribution in [1.29, 1.82) is 0 Å². The lowest BCUT2D eigenvalue weighted by atomic mass is 9.87. The summed E-state index contributed by atoms with van der Waals surface area (Å²) in [7, 11) is 0.645. The van der Waals surface area contributed by atoms with Gasteiger partial charge in [0.15, 0.2) is 0 Å². The highest BCUT2D eigenvalue weighted by atomic mass is 28.2. The quantitative estimate of drug-likeness (QED) is 0.736. The average molecular weight is 264 g/mol. The van der Waals surface area contributed by atoms with Gasteiger partial charge in [-0.15, -0.1) is 0 Å². The van der Waals surface area contributed by atoms with Gasteiger partial charge in [0.2, 0.25) is 0 Å². The smallest absolute Gasteiger partial charge is 0.0993 e. The van der Waals surface area contributed by atoms with Crippen LogP contribution in [0, 0.1) is 0 Å². The molecule has 0 aliphatic rings. The topological polar surface area (TPSA) is 0 Å². The Morgan fingerprint density at radius 3 is 2.00 bits per heavy atom. The van der Waals surface area contributed by atoms with Crippen molar-refractivity contribution in [3.63, 3.8) is 0 Å². The molecule has 0 aliphatic heterocycles. The van der Waals surface area contributed by atoms with Crippen molar-refractivity contribution in [2.45, 2.75) is 26.2 Å². The van der Waals surface area contributed by atoms with E-state index in [2.05, 4.69) is 81.9 Å². The second-order valence-corrected chi connectivity index (χ2v) is 7.23. The summed E-state index contributed by atoms with van der Waals surface area (Å²) < 4.78 is 0. The molecule has 0 saturated heterocycles. The molecular formula is C18H20Si. The molecule has 0 N–H and O–H groups in total. The van der Waals surface area contributed by atoms with Crippen LogP contribution in [0.5, 0.6) is 0 Å². The van der Waals surface area contributed by atoms with Crippen LogP contribution >= 0.6 is 0 Å². The van der Waals surface area contributed by atoms with Gasteiger partial charge in [-0.05, 0) is 16.5 Å². The Balaban J connectivity index is 2.12. The number of hydrogen-bond donors (Lipinski definition) is 0. The highest BCUT2D eigenvalue weighted by molar-refractivity contribution is 6.72. The fourth-order valence-corrected chi connectivity index (χ4v) is 2.96. The molecular weight excluding hydrogens is 244 g/mol. The Labute approximate surface area is 119 Å². The second-order valence-electron chi connectivity index (χ2n) is 5.80. The van der Waals surface area contributed by atoms with Crippen molar-refractivity contribution >= 4 is 19.9 Å². The molecule has 0 fully saturated rings. The molecule has 0 unspecified atom stereocenters. The first-order valence-electron chi connectivity index (χ1n) is 6.59. The monoisotopic (exact) mass is 264 g/mol. The van der Waals surface area contributed by atoms with Gasteiger partial charge < -0.3 is 0 Å². The van der Waals surface area contributed by atoms with Gasteiger partial charge in [-0.3, -0.25) is 0 Å². The van der Waals surface area contributed by atoms with E-state index in [0.29, 0.717) is 9.52 Å². The van der Waals surface area contributed by atoms with Crippen LogP contribution < -0.4 is 5.19 Å². The minimum Gasteiger partial charge on any atom is -0.0993 e. The Morgan fingerprint density at radius 1 is 0.895 bits per heavy atom. The lowest BCUT2D eigenvalue weighted by Gasteiger charge is -2.19. The van der Waals surface area contributed by atoms with E-state index in [1.165, 1.54) is 21.5 Å². The predicted molar refractivity (Wildman–Crippen MR) is 86.0 cm³/mol. The van der Waals surface area contributed by atoms with Crippen molar-refractivity contribution < 1.29 is 0 Å². The lowest BCUT2D eigenvalue weighted by Crippen LogP contribution is -2.15. The van der Waals surface area contributed by atoms with E-state index in [1.54, 1.807) is 0 Å². The molecule has 0 aromatic heterocycles.